The number of nitrogens with zero attached hydrogens (tertiary/aromatic N) is 2. The number of carbonyl (C=O) groups is 2. The van der Waals surface area contributed by atoms with Crippen LogP contribution >= 0.6 is 15.9 Å². The van der Waals surface area contributed by atoms with Crippen LogP contribution in [0.4, 0.5) is 5.69 Å². The number of hydrogen-bond acceptors (Lipinski definition) is 5. The number of amides is 2. The molecule has 0 fully saturated rings. The number of anilines is 1. The van der Waals surface area contributed by atoms with Crippen molar-refractivity contribution in [3.05, 3.63) is 124 Å². The minimum atomic E-state index is -4.20. The van der Waals surface area contributed by atoms with Crippen molar-refractivity contribution in [2.75, 3.05) is 24.0 Å². The SMILES string of the molecule is CCNC(=O)C(Cc1ccccc1)N(Cc1ccccc1C)C(=O)CN(c1ccc(OCC)cc1)S(=O)(=O)c1ccc(Br)cc1. The van der Waals surface area contributed by atoms with Crippen molar-refractivity contribution in [3.63, 3.8) is 0 Å². The molecular formula is C35H38BrN3O5S. The maximum absolute atomic E-state index is 14.5. The van der Waals surface area contributed by atoms with E-state index in [-0.39, 0.29) is 23.8 Å². The molecular weight excluding hydrogens is 654 g/mol. The first kappa shape index (κ1) is 33.7. The number of halogens is 1. The number of benzene rings is 4. The normalized spacial score (nSPS) is 11.8. The minimum Gasteiger partial charge on any atom is -0.494 e. The zero-order chi connectivity index (χ0) is 32.4. The van der Waals surface area contributed by atoms with E-state index in [4.69, 9.17) is 4.74 Å². The summed E-state index contributed by atoms with van der Waals surface area (Å²) in [6.07, 6.45) is 0.257. The van der Waals surface area contributed by atoms with E-state index in [9.17, 15) is 18.0 Å². The standard InChI is InChI=1S/C35H38BrN3O5S/c1-4-37-35(41)33(23-27-12-7-6-8-13-27)38(24-28-14-10-9-11-26(28)3)34(40)25-39(30-17-19-31(20-18-30)44-5-2)45(42,43)32-21-15-29(36)16-22-32/h6-22,33H,4-5,23-25H2,1-3H3,(H,37,41). The summed E-state index contributed by atoms with van der Waals surface area (Å²) < 4.78 is 35.7. The lowest BCUT2D eigenvalue weighted by Crippen LogP contribution is -2.53. The smallest absolute Gasteiger partial charge is 0.264 e. The largest absolute Gasteiger partial charge is 0.494 e. The fourth-order valence-electron chi connectivity index (χ4n) is 4.95. The summed E-state index contributed by atoms with van der Waals surface area (Å²) in [5.74, 6) is -0.249. The summed E-state index contributed by atoms with van der Waals surface area (Å²) >= 11 is 3.36. The second kappa shape index (κ2) is 15.7. The molecule has 0 bridgehead atoms. The van der Waals surface area contributed by atoms with Crippen LogP contribution in [0, 0.1) is 6.92 Å². The van der Waals surface area contributed by atoms with Crippen LogP contribution in [0.3, 0.4) is 0 Å². The van der Waals surface area contributed by atoms with Gasteiger partial charge < -0.3 is 15.0 Å². The predicted octanol–water partition coefficient (Wildman–Crippen LogP) is 6.13. The van der Waals surface area contributed by atoms with E-state index in [2.05, 4.69) is 21.2 Å². The highest BCUT2D eigenvalue weighted by Gasteiger charge is 2.34. The number of sulfonamides is 1. The topological polar surface area (TPSA) is 96.0 Å². The Labute approximate surface area is 274 Å². The summed E-state index contributed by atoms with van der Waals surface area (Å²) in [6.45, 7) is 6.06. The van der Waals surface area contributed by atoms with Gasteiger partial charge in [0.2, 0.25) is 11.8 Å². The van der Waals surface area contributed by atoms with Crippen molar-refractivity contribution in [3.8, 4) is 5.75 Å². The van der Waals surface area contributed by atoms with Crippen molar-refractivity contribution in [1.82, 2.24) is 10.2 Å². The lowest BCUT2D eigenvalue weighted by atomic mass is 10.0. The van der Waals surface area contributed by atoms with Crippen LogP contribution in [0.15, 0.2) is 112 Å². The molecule has 0 saturated heterocycles. The molecule has 0 saturated carbocycles. The molecule has 4 rings (SSSR count). The van der Waals surface area contributed by atoms with Crippen molar-refractivity contribution in [2.45, 2.75) is 44.7 Å². The van der Waals surface area contributed by atoms with E-state index in [1.807, 2.05) is 75.4 Å². The van der Waals surface area contributed by atoms with E-state index in [0.29, 0.717) is 24.6 Å². The third kappa shape index (κ3) is 8.73. The molecule has 236 valence electrons. The zero-order valence-electron chi connectivity index (χ0n) is 25.6. The Morgan fingerprint density at radius 3 is 2.13 bits per heavy atom. The molecule has 0 spiro atoms. The Balaban J connectivity index is 1.80. The van der Waals surface area contributed by atoms with Crippen LogP contribution in [0.5, 0.6) is 5.75 Å². The molecule has 1 N–H and O–H groups in total. The Morgan fingerprint density at radius 1 is 0.867 bits per heavy atom. The van der Waals surface area contributed by atoms with Crippen molar-refractivity contribution < 1.29 is 22.7 Å². The number of rotatable bonds is 14. The molecule has 0 radical (unpaired) electrons. The highest BCUT2D eigenvalue weighted by atomic mass is 79.9. The summed E-state index contributed by atoms with van der Waals surface area (Å²) in [7, 11) is -4.20. The third-order valence-corrected chi connectivity index (χ3v) is 9.66. The molecule has 0 aliphatic rings. The van der Waals surface area contributed by atoms with Gasteiger partial charge in [0.1, 0.15) is 18.3 Å². The van der Waals surface area contributed by atoms with Gasteiger partial charge in [0.05, 0.1) is 17.2 Å². The lowest BCUT2D eigenvalue weighted by molar-refractivity contribution is -0.140. The summed E-state index contributed by atoms with van der Waals surface area (Å²) in [4.78, 5) is 29.6. The van der Waals surface area contributed by atoms with Crippen LogP contribution < -0.4 is 14.4 Å². The molecule has 0 aliphatic carbocycles. The van der Waals surface area contributed by atoms with Crippen LogP contribution in [-0.2, 0) is 32.6 Å². The van der Waals surface area contributed by atoms with Gasteiger partial charge in [-0.15, -0.1) is 0 Å². The average Bonchev–Trinajstić information content (AvgIpc) is 3.03. The van der Waals surface area contributed by atoms with Crippen molar-refractivity contribution in [2.24, 2.45) is 0 Å². The molecule has 45 heavy (non-hydrogen) atoms. The second-order valence-corrected chi connectivity index (χ2v) is 13.2. The summed E-state index contributed by atoms with van der Waals surface area (Å²) in [5, 5.41) is 2.88. The first-order valence-electron chi connectivity index (χ1n) is 14.8. The molecule has 10 heteroatoms. The van der Waals surface area contributed by atoms with E-state index in [1.54, 1.807) is 36.4 Å². The number of carbonyl (C=O) groups excluding carboxylic acids is 2. The van der Waals surface area contributed by atoms with Crippen molar-refractivity contribution >= 4 is 43.5 Å². The fourth-order valence-corrected chi connectivity index (χ4v) is 6.63. The predicted molar refractivity (Wildman–Crippen MR) is 181 cm³/mol. The zero-order valence-corrected chi connectivity index (χ0v) is 28.1. The Bertz CT molecular complexity index is 1680. The van der Waals surface area contributed by atoms with Gasteiger partial charge >= 0.3 is 0 Å². The van der Waals surface area contributed by atoms with Crippen LogP contribution in [0.1, 0.15) is 30.5 Å². The first-order valence-corrected chi connectivity index (χ1v) is 17.0. The lowest BCUT2D eigenvalue weighted by Gasteiger charge is -2.34. The van der Waals surface area contributed by atoms with Gasteiger partial charge in [-0.25, -0.2) is 8.42 Å². The molecule has 0 heterocycles. The molecule has 4 aromatic rings. The Morgan fingerprint density at radius 2 is 1.51 bits per heavy atom. The number of likely N-dealkylation sites (N-methyl/N-ethyl adjacent to an activating group) is 1. The molecule has 2 amide bonds. The maximum Gasteiger partial charge on any atom is 0.264 e. The highest BCUT2D eigenvalue weighted by Crippen LogP contribution is 2.28. The Kier molecular flexibility index (Phi) is 11.8. The highest BCUT2D eigenvalue weighted by molar-refractivity contribution is 9.10. The van der Waals surface area contributed by atoms with Crippen LogP contribution in [0.25, 0.3) is 0 Å². The van der Waals surface area contributed by atoms with Gasteiger partial charge in [-0.3, -0.25) is 13.9 Å². The number of ether oxygens (including phenoxy) is 1. The van der Waals surface area contributed by atoms with E-state index in [1.165, 1.54) is 17.0 Å². The van der Waals surface area contributed by atoms with Crippen molar-refractivity contribution in [1.29, 1.82) is 0 Å². The molecule has 1 unspecified atom stereocenters. The molecule has 8 nitrogen and oxygen atoms in total. The summed E-state index contributed by atoms with van der Waals surface area (Å²) in [5.41, 5.74) is 2.98. The maximum atomic E-state index is 14.5. The monoisotopic (exact) mass is 691 g/mol. The van der Waals surface area contributed by atoms with Gasteiger partial charge in [-0.2, -0.15) is 0 Å². The molecule has 0 aromatic heterocycles. The molecule has 4 aromatic carbocycles. The van der Waals surface area contributed by atoms with Crippen LogP contribution in [-0.4, -0.2) is 50.9 Å². The van der Waals surface area contributed by atoms with Gasteiger partial charge in [0, 0.05) is 24.0 Å². The first-order chi connectivity index (χ1) is 21.6. The molecule has 1 atom stereocenters. The molecule has 0 aliphatic heterocycles. The third-order valence-electron chi connectivity index (χ3n) is 7.34. The summed E-state index contributed by atoms with van der Waals surface area (Å²) in [6, 6.07) is 29.1. The quantitative estimate of drug-likeness (QED) is 0.172. The van der Waals surface area contributed by atoms with E-state index < -0.39 is 28.5 Å². The van der Waals surface area contributed by atoms with Gasteiger partial charge in [0.25, 0.3) is 10.0 Å². The van der Waals surface area contributed by atoms with Gasteiger partial charge in [0.15, 0.2) is 0 Å². The van der Waals surface area contributed by atoms with Gasteiger partial charge in [-0.05, 0) is 86.0 Å². The average molecular weight is 693 g/mol. The second-order valence-electron chi connectivity index (χ2n) is 10.4. The minimum absolute atomic E-state index is 0.0300. The Hall–Kier alpha value is -4.15. The number of nitrogens with one attached hydrogen (secondary N) is 1. The number of aryl methyl sites for hydroxylation is 1. The van der Waals surface area contributed by atoms with Crippen LogP contribution in [0.2, 0.25) is 0 Å². The van der Waals surface area contributed by atoms with Gasteiger partial charge in [-0.1, -0.05) is 70.5 Å². The van der Waals surface area contributed by atoms with E-state index in [0.717, 1.165) is 25.5 Å². The number of hydrogen-bond donors (Lipinski definition) is 1. The fraction of sp³-hybridized carbons (Fsp3) is 0.257. The van der Waals surface area contributed by atoms with E-state index >= 15 is 0 Å².